The van der Waals surface area contributed by atoms with Crippen LogP contribution >= 0.6 is 0 Å². The molecule has 0 saturated heterocycles. The second-order valence-electron chi connectivity index (χ2n) is 14.8. The lowest BCUT2D eigenvalue weighted by Gasteiger charge is -2.20. The first-order chi connectivity index (χ1) is 27.6. The van der Waals surface area contributed by atoms with E-state index in [1.807, 2.05) is 24.5 Å². The van der Waals surface area contributed by atoms with E-state index in [1.165, 1.54) is 65.2 Å². The van der Waals surface area contributed by atoms with E-state index in [-0.39, 0.29) is 0 Å². The van der Waals surface area contributed by atoms with Crippen molar-refractivity contribution in [3.63, 3.8) is 0 Å². The number of fused-ring (bicyclic) bond motifs is 14. The minimum Gasteiger partial charge on any atom is -0.344 e. The van der Waals surface area contributed by atoms with Crippen LogP contribution in [-0.4, -0.2) is 23.3 Å². The SMILES string of the molecule is Cn1c2ccccc2c2c1ccc1c3ccccc3n(-c3cncc(-n4c5ccccc5c5ccc6c(c7ccccc7n6C)c54)c3-c3ccc(C#N)cc3)c12. The Morgan fingerprint density at radius 1 is 0.429 bits per heavy atom. The molecule has 6 nitrogen and oxygen atoms in total. The highest BCUT2D eigenvalue weighted by Gasteiger charge is 2.26. The second-order valence-corrected chi connectivity index (χ2v) is 14.8. The molecule has 0 radical (unpaired) electrons. The molecule has 0 saturated carbocycles. The summed E-state index contributed by atoms with van der Waals surface area (Å²) in [7, 11) is 4.31. The first kappa shape index (κ1) is 30.8. The number of nitrogens with zero attached hydrogens (tertiary/aromatic N) is 6. The molecule has 0 unspecified atom stereocenters. The maximum atomic E-state index is 9.89. The third-order valence-electron chi connectivity index (χ3n) is 12.1. The van der Waals surface area contributed by atoms with Crippen LogP contribution in [0.5, 0.6) is 0 Å². The minimum atomic E-state index is 0.620. The largest absolute Gasteiger partial charge is 0.344 e. The number of pyridine rings is 1. The zero-order valence-corrected chi connectivity index (χ0v) is 30.7. The molecule has 12 rings (SSSR count). The fourth-order valence-corrected chi connectivity index (χ4v) is 9.68. The van der Waals surface area contributed by atoms with Gasteiger partial charge in [-0.3, -0.25) is 4.98 Å². The van der Waals surface area contributed by atoms with Gasteiger partial charge in [-0.25, -0.2) is 0 Å². The van der Waals surface area contributed by atoms with Gasteiger partial charge in [0.2, 0.25) is 0 Å². The number of benzene rings is 7. The molecule has 262 valence electrons. The fraction of sp³-hybridized carbons (Fsp3) is 0.0400. The van der Waals surface area contributed by atoms with Gasteiger partial charge in [-0.15, -0.1) is 0 Å². The summed E-state index contributed by atoms with van der Waals surface area (Å²) in [6.07, 6.45) is 4.04. The molecule has 0 aliphatic carbocycles. The van der Waals surface area contributed by atoms with E-state index >= 15 is 0 Å². The van der Waals surface area contributed by atoms with Crippen LogP contribution in [0.25, 0.3) is 110 Å². The first-order valence-electron chi connectivity index (χ1n) is 18.9. The Labute approximate surface area is 320 Å². The van der Waals surface area contributed by atoms with Crippen LogP contribution in [0.15, 0.2) is 158 Å². The topological polar surface area (TPSA) is 56.4 Å². The summed E-state index contributed by atoms with van der Waals surface area (Å²) in [5.74, 6) is 0. The van der Waals surface area contributed by atoms with E-state index in [0.29, 0.717) is 5.56 Å². The lowest BCUT2D eigenvalue weighted by molar-refractivity contribution is 1.01. The van der Waals surface area contributed by atoms with Crippen LogP contribution in [0, 0.1) is 11.3 Å². The molecule has 6 heteroatoms. The number of hydrogen-bond acceptors (Lipinski definition) is 2. The predicted octanol–water partition coefficient (Wildman–Crippen LogP) is 12.1. The number of para-hydroxylation sites is 4. The van der Waals surface area contributed by atoms with Gasteiger partial charge in [-0.05, 0) is 54.1 Å². The molecule has 0 amide bonds. The number of rotatable bonds is 3. The van der Waals surface area contributed by atoms with Crippen LogP contribution in [-0.2, 0) is 14.1 Å². The summed E-state index contributed by atoms with van der Waals surface area (Å²) in [5.41, 5.74) is 13.8. The van der Waals surface area contributed by atoms with Crippen molar-refractivity contribution in [3.8, 4) is 28.6 Å². The van der Waals surface area contributed by atoms with Gasteiger partial charge >= 0.3 is 0 Å². The summed E-state index contributed by atoms with van der Waals surface area (Å²) in [4.78, 5) is 5.13. The first-order valence-corrected chi connectivity index (χ1v) is 18.9. The maximum absolute atomic E-state index is 9.89. The van der Waals surface area contributed by atoms with Crippen molar-refractivity contribution in [3.05, 3.63) is 164 Å². The van der Waals surface area contributed by atoms with Crippen LogP contribution < -0.4 is 0 Å². The summed E-state index contributed by atoms with van der Waals surface area (Å²) in [6.45, 7) is 0. The van der Waals surface area contributed by atoms with Gasteiger partial charge in [0.05, 0.1) is 68.5 Å². The standard InChI is InChI=1S/C50H32N6/c1-53-38-15-7-5-13-36(38)47-42(53)25-23-34-32-11-3-9-17-40(32)55(49(34)47)44-28-52-29-45(46(44)31-21-19-30(27-51)20-22-31)56-41-18-10-4-12-33(41)35-24-26-43-48(50(35)56)37-14-6-8-16-39(37)54(43)2/h3-26,28-29H,1-2H3. The molecule has 0 fully saturated rings. The Balaban J connectivity index is 1.31. The summed E-state index contributed by atoms with van der Waals surface area (Å²) >= 11 is 0. The van der Waals surface area contributed by atoms with Crippen LogP contribution in [0.3, 0.4) is 0 Å². The third-order valence-corrected chi connectivity index (χ3v) is 12.1. The summed E-state index contributed by atoms with van der Waals surface area (Å²) < 4.78 is 9.47. The molecule has 0 aliphatic rings. The van der Waals surface area contributed by atoms with Gasteiger partial charge in [0.15, 0.2) is 0 Å². The molecule has 56 heavy (non-hydrogen) atoms. The third kappa shape index (κ3) is 3.91. The predicted molar refractivity (Wildman–Crippen MR) is 231 cm³/mol. The van der Waals surface area contributed by atoms with Crippen molar-refractivity contribution in [2.24, 2.45) is 14.1 Å². The normalized spacial score (nSPS) is 12.1. The second kappa shape index (κ2) is 11.2. The van der Waals surface area contributed by atoms with Gasteiger partial charge in [0.25, 0.3) is 0 Å². The van der Waals surface area contributed by atoms with E-state index in [0.717, 1.165) is 44.6 Å². The monoisotopic (exact) mass is 716 g/mol. The van der Waals surface area contributed by atoms with Crippen LogP contribution in [0.4, 0.5) is 0 Å². The Hall–Kier alpha value is -7.62. The molecular formula is C50H32N6. The van der Waals surface area contributed by atoms with E-state index in [1.54, 1.807) is 0 Å². The number of aryl methyl sites for hydroxylation is 2. The van der Waals surface area contributed by atoms with Crippen LogP contribution in [0.2, 0.25) is 0 Å². The molecule has 0 spiro atoms. The minimum absolute atomic E-state index is 0.620. The lowest BCUT2D eigenvalue weighted by Crippen LogP contribution is -2.05. The van der Waals surface area contributed by atoms with Crippen molar-refractivity contribution in [2.75, 3.05) is 0 Å². The van der Waals surface area contributed by atoms with Gasteiger partial charge in [-0.1, -0.05) is 97.1 Å². The molecule has 5 aromatic heterocycles. The van der Waals surface area contributed by atoms with Gasteiger partial charge in [0.1, 0.15) is 0 Å². The Morgan fingerprint density at radius 3 is 1.32 bits per heavy atom. The molecular weight excluding hydrogens is 685 g/mol. The highest BCUT2D eigenvalue weighted by molar-refractivity contribution is 6.27. The van der Waals surface area contributed by atoms with Crippen molar-refractivity contribution in [1.29, 1.82) is 5.26 Å². The van der Waals surface area contributed by atoms with E-state index < -0.39 is 0 Å². The van der Waals surface area contributed by atoms with Gasteiger partial charge < -0.3 is 18.3 Å². The molecule has 7 aromatic carbocycles. The maximum Gasteiger partial charge on any atom is 0.0991 e. The number of hydrogen-bond donors (Lipinski definition) is 0. The molecule has 0 aliphatic heterocycles. The molecule has 0 atom stereocenters. The zero-order chi connectivity index (χ0) is 37.2. The van der Waals surface area contributed by atoms with Gasteiger partial charge in [-0.2, -0.15) is 5.26 Å². The molecule has 12 aromatic rings. The van der Waals surface area contributed by atoms with E-state index in [9.17, 15) is 5.26 Å². The Kier molecular flexibility index (Phi) is 6.16. The van der Waals surface area contributed by atoms with Crippen molar-refractivity contribution in [1.82, 2.24) is 23.3 Å². The summed E-state index contributed by atoms with van der Waals surface area (Å²) in [5, 5.41) is 19.5. The molecule has 5 heterocycles. The van der Waals surface area contributed by atoms with E-state index in [2.05, 4.69) is 172 Å². The number of nitriles is 1. The Bertz CT molecular complexity index is 3460. The smallest absolute Gasteiger partial charge is 0.0991 e. The molecule has 0 bridgehead atoms. The highest BCUT2D eigenvalue weighted by Crippen LogP contribution is 2.46. The van der Waals surface area contributed by atoms with E-state index in [4.69, 9.17) is 4.98 Å². The highest BCUT2D eigenvalue weighted by atomic mass is 15.1. The zero-order valence-electron chi connectivity index (χ0n) is 30.7. The summed E-state index contributed by atoms with van der Waals surface area (Å²) in [6, 6.07) is 54.2. The van der Waals surface area contributed by atoms with Crippen LogP contribution in [0.1, 0.15) is 5.56 Å². The van der Waals surface area contributed by atoms with Crippen molar-refractivity contribution >= 4 is 87.2 Å². The fourth-order valence-electron chi connectivity index (χ4n) is 9.68. The van der Waals surface area contributed by atoms with Gasteiger partial charge in [0, 0.05) is 73.8 Å². The average molecular weight is 717 g/mol. The quantitative estimate of drug-likeness (QED) is 0.183. The van der Waals surface area contributed by atoms with Crippen molar-refractivity contribution < 1.29 is 0 Å². The Morgan fingerprint density at radius 2 is 0.857 bits per heavy atom. The average Bonchev–Trinajstić information content (AvgIpc) is 3.96. The number of aromatic nitrogens is 5. The van der Waals surface area contributed by atoms with Crippen molar-refractivity contribution in [2.45, 2.75) is 0 Å². The molecule has 0 N–H and O–H groups in total. The lowest BCUT2D eigenvalue weighted by atomic mass is 10.0.